The molecule has 1 atom stereocenters. The van der Waals surface area contributed by atoms with Gasteiger partial charge < -0.3 is 15.4 Å². The molecule has 1 aromatic rings. The minimum Gasteiger partial charge on any atom is -0.496 e. The Balaban J connectivity index is 2.75. The maximum Gasteiger partial charge on any atom is 0.131 e. The van der Waals surface area contributed by atoms with Gasteiger partial charge in [0, 0.05) is 24.2 Å². The third-order valence-electron chi connectivity index (χ3n) is 3.47. The highest BCUT2D eigenvalue weighted by atomic mass is 19.1. The summed E-state index contributed by atoms with van der Waals surface area (Å²) in [5.74, 6) is 0.236. The molecule has 0 radical (unpaired) electrons. The average Bonchev–Trinajstić information content (AvgIpc) is 2.38. The zero-order chi connectivity index (χ0) is 14.4. The molecule has 0 fully saturated rings. The number of hydrogen-bond donors (Lipinski definition) is 1. The highest BCUT2D eigenvalue weighted by Crippen LogP contribution is 2.28. The molecule has 4 heteroatoms. The molecule has 1 unspecified atom stereocenters. The van der Waals surface area contributed by atoms with E-state index >= 15 is 0 Å². The van der Waals surface area contributed by atoms with Crippen LogP contribution < -0.4 is 10.5 Å². The van der Waals surface area contributed by atoms with Gasteiger partial charge in [-0.05, 0) is 38.9 Å². The van der Waals surface area contributed by atoms with E-state index in [0.29, 0.717) is 23.8 Å². The summed E-state index contributed by atoms with van der Waals surface area (Å²) in [6, 6.07) is 4.94. The van der Waals surface area contributed by atoms with Gasteiger partial charge in [-0.2, -0.15) is 0 Å². The Hall–Kier alpha value is -1.13. The van der Waals surface area contributed by atoms with Crippen LogP contribution in [0.4, 0.5) is 4.39 Å². The van der Waals surface area contributed by atoms with Gasteiger partial charge in [-0.25, -0.2) is 4.39 Å². The van der Waals surface area contributed by atoms with E-state index in [-0.39, 0.29) is 11.9 Å². The average molecular weight is 268 g/mol. The Morgan fingerprint density at radius 3 is 2.58 bits per heavy atom. The standard InChI is InChI=1S/C15H25FN2O/c1-5-18(11(2)3)10-9-13(17)15-12(16)7-6-8-14(15)19-4/h6-8,11,13H,5,9-10,17H2,1-4H3. The summed E-state index contributed by atoms with van der Waals surface area (Å²) in [6.07, 6.45) is 0.712. The Labute approximate surface area is 115 Å². The molecular weight excluding hydrogens is 243 g/mol. The van der Waals surface area contributed by atoms with Crippen LogP contribution in [0.2, 0.25) is 0 Å². The lowest BCUT2D eigenvalue weighted by atomic mass is 10.0. The fourth-order valence-electron chi connectivity index (χ4n) is 2.29. The van der Waals surface area contributed by atoms with Crippen molar-refractivity contribution in [2.24, 2.45) is 5.73 Å². The fraction of sp³-hybridized carbons (Fsp3) is 0.600. The molecule has 0 saturated carbocycles. The van der Waals surface area contributed by atoms with Crippen molar-refractivity contribution < 1.29 is 9.13 Å². The molecule has 1 aromatic carbocycles. The molecule has 108 valence electrons. The van der Waals surface area contributed by atoms with E-state index in [9.17, 15) is 4.39 Å². The molecule has 0 bridgehead atoms. The Kier molecular flexibility index (Phi) is 6.25. The van der Waals surface area contributed by atoms with Gasteiger partial charge in [-0.1, -0.05) is 13.0 Å². The number of nitrogens with zero attached hydrogens (tertiary/aromatic N) is 1. The van der Waals surface area contributed by atoms with Gasteiger partial charge in [0.25, 0.3) is 0 Å². The predicted octanol–water partition coefficient (Wildman–Crippen LogP) is 2.95. The Bertz CT molecular complexity index is 396. The second-order valence-electron chi connectivity index (χ2n) is 4.97. The highest BCUT2D eigenvalue weighted by Gasteiger charge is 2.18. The van der Waals surface area contributed by atoms with E-state index < -0.39 is 0 Å². The number of halogens is 1. The minimum atomic E-state index is -0.344. The normalized spacial score (nSPS) is 13.1. The van der Waals surface area contributed by atoms with Crippen LogP contribution in [0, 0.1) is 5.82 Å². The Morgan fingerprint density at radius 2 is 2.05 bits per heavy atom. The number of hydrogen-bond acceptors (Lipinski definition) is 3. The fourth-order valence-corrected chi connectivity index (χ4v) is 2.29. The lowest BCUT2D eigenvalue weighted by Gasteiger charge is -2.26. The number of benzene rings is 1. The lowest BCUT2D eigenvalue weighted by molar-refractivity contribution is 0.224. The van der Waals surface area contributed by atoms with E-state index in [1.807, 2.05) is 0 Å². The van der Waals surface area contributed by atoms with Crippen LogP contribution in [0.25, 0.3) is 0 Å². The van der Waals surface area contributed by atoms with Gasteiger partial charge in [0.15, 0.2) is 0 Å². The number of ether oxygens (including phenoxy) is 1. The van der Waals surface area contributed by atoms with Gasteiger partial charge in [0.2, 0.25) is 0 Å². The van der Waals surface area contributed by atoms with Crippen molar-refractivity contribution in [1.29, 1.82) is 0 Å². The van der Waals surface area contributed by atoms with Crippen LogP contribution in [0.3, 0.4) is 0 Å². The van der Waals surface area contributed by atoms with E-state index in [2.05, 4.69) is 25.7 Å². The SMILES string of the molecule is CCN(CCC(N)c1c(F)cccc1OC)C(C)C. The summed E-state index contributed by atoms with van der Waals surface area (Å²) < 4.78 is 19.1. The van der Waals surface area contributed by atoms with Crippen LogP contribution in [0.15, 0.2) is 18.2 Å². The zero-order valence-corrected chi connectivity index (χ0v) is 12.3. The molecule has 0 aliphatic heterocycles. The third-order valence-corrected chi connectivity index (χ3v) is 3.47. The topological polar surface area (TPSA) is 38.5 Å². The molecule has 0 spiro atoms. The van der Waals surface area contributed by atoms with E-state index in [0.717, 1.165) is 13.1 Å². The van der Waals surface area contributed by atoms with Gasteiger partial charge in [-0.15, -0.1) is 0 Å². The van der Waals surface area contributed by atoms with Gasteiger partial charge >= 0.3 is 0 Å². The first-order valence-electron chi connectivity index (χ1n) is 6.83. The van der Waals surface area contributed by atoms with Crippen molar-refractivity contribution in [1.82, 2.24) is 4.90 Å². The third kappa shape index (κ3) is 4.18. The van der Waals surface area contributed by atoms with Crippen molar-refractivity contribution in [2.45, 2.75) is 39.3 Å². The van der Waals surface area contributed by atoms with Crippen molar-refractivity contribution >= 4 is 0 Å². The molecular formula is C15H25FN2O. The summed E-state index contributed by atoms with van der Waals surface area (Å²) in [5.41, 5.74) is 6.61. The summed E-state index contributed by atoms with van der Waals surface area (Å²) in [4.78, 5) is 2.31. The maximum atomic E-state index is 13.9. The first-order chi connectivity index (χ1) is 9.01. The second kappa shape index (κ2) is 7.46. The molecule has 1 rings (SSSR count). The summed E-state index contributed by atoms with van der Waals surface area (Å²) in [7, 11) is 1.54. The second-order valence-corrected chi connectivity index (χ2v) is 4.97. The minimum absolute atomic E-state index is 0.292. The van der Waals surface area contributed by atoms with E-state index in [1.165, 1.54) is 13.2 Å². The van der Waals surface area contributed by atoms with Gasteiger partial charge in [0.05, 0.1) is 7.11 Å². The van der Waals surface area contributed by atoms with Crippen molar-refractivity contribution in [3.8, 4) is 5.75 Å². The summed E-state index contributed by atoms with van der Waals surface area (Å²) in [5, 5.41) is 0. The molecule has 0 aromatic heterocycles. The van der Waals surface area contributed by atoms with Crippen LogP contribution in [-0.4, -0.2) is 31.1 Å². The molecule has 0 amide bonds. The van der Waals surface area contributed by atoms with E-state index in [4.69, 9.17) is 10.5 Å². The predicted molar refractivity (Wildman–Crippen MR) is 76.9 cm³/mol. The monoisotopic (exact) mass is 268 g/mol. The van der Waals surface area contributed by atoms with Crippen LogP contribution >= 0.6 is 0 Å². The molecule has 19 heavy (non-hydrogen) atoms. The largest absolute Gasteiger partial charge is 0.496 e. The smallest absolute Gasteiger partial charge is 0.131 e. The van der Waals surface area contributed by atoms with E-state index in [1.54, 1.807) is 12.1 Å². The molecule has 3 nitrogen and oxygen atoms in total. The first-order valence-corrected chi connectivity index (χ1v) is 6.83. The maximum absolute atomic E-state index is 13.9. The van der Waals surface area contributed by atoms with Crippen LogP contribution in [0.5, 0.6) is 5.75 Å². The Morgan fingerprint density at radius 1 is 1.37 bits per heavy atom. The molecule has 2 N–H and O–H groups in total. The summed E-state index contributed by atoms with van der Waals surface area (Å²) >= 11 is 0. The van der Waals surface area contributed by atoms with Crippen molar-refractivity contribution in [3.05, 3.63) is 29.6 Å². The lowest BCUT2D eigenvalue weighted by Crippen LogP contribution is -2.33. The van der Waals surface area contributed by atoms with Crippen LogP contribution in [-0.2, 0) is 0 Å². The zero-order valence-electron chi connectivity index (χ0n) is 12.3. The quantitative estimate of drug-likeness (QED) is 0.826. The molecule has 0 saturated heterocycles. The summed E-state index contributed by atoms with van der Waals surface area (Å²) in [6.45, 7) is 8.25. The van der Waals surface area contributed by atoms with Gasteiger partial charge in [0.1, 0.15) is 11.6 Å². The molecule has 0 heterocycles. The molecule has 0 aliphatic carbocycles. The highest BCUT2D eigenvalue weighted by molar-refractivity contribution is 5.37. The number of methoxy groups -OCH3 is 1. The van der Waals surface area contributed by atoms with Gasteiger partial charge in [-0.3, -0.25) is 0 Å². The number of rotatable bonds is 7. The van der Waals surface area contributed by atoms with Crippen LogP contribution in [0.1, 0.15) is 38.8 Å². The number of nitrogens with two attached hydrogens (primary N) is 1. The first kappa shape index (κ1) is 15.9. The van der Waals surface area contributed by atoms with Crippen molar-refractivity contribution in [2.75, 3.05) is 20.2 Å². The van der Waals surface area contributed by atoms with Crippen molar-refractivity contribution in [3.63, 3.8) is 0 Å². The molecule has 0 aliphatic rings.